The molecule has 0 N–H and O–H groups in total. The third-order valence-corrected chi connectivity index (χ3v) is 2.32. The van der Waals surface area contributed by atoms with E-state index in [0.29, 0.717) is 21.9 Å². The van der Waals surface area contributed by atoms with Gasteiger partial charge in [-0.2, -0.15) is 0 Å². The minimum Gasteiger partial charge on any atom is -0.298 e. The zero-order valence-electron chi connectivity index (χ0n) is 7.75. The molecule has 0 spiro atoms. The Balaban J connectivity index is 2.96. The van der Waals surface area contributed by atoms with Crippen molar-refractivity contribution in [3.63, 3.8) is 0 Å². The Hall–Kier alpha value is -1.70. The topological polar surface area (TPSA) is 17.1 Å². The molecule has 0 aromatic heterocycles. The maximum atomic E-state index is 13.6. The predicted molar refractivity (Wildman–Crippen MR) is 54.0 cm³/mol. The van der Waals surface area contributed by atoms with Crippen LogP contribution in [0.1, 0.15) is 15.9 Å². The minimum atomic E-state index is -0.244. The Labute approximate surface area is 81.2 Å². The third-order valence-electron chi connectivity index (χ3n) is 2.32. The highest BCUT2D eigenvalue weighted by molar-refractivity contribution is 5.98. The molecule has 0 amide bonds. The summed E-state index contributed by atoms with van der Waals surface area (Å²) in [6.45, 7) is 1.66. The number of fused-ring (bicyclic) bond motifs is 1. The van der Waals surface area contributed by atoms with Crippen molar-refractivity contribution in [2.75, 3.05) is 0 Å². The summed E-state index contributed by atoms with van der Waals surface area (Å²) in [5.41, 5.74) is 1.05. The molecule has 0 unspecified atom stereocenters. The molecule has 0 aliphatic heterocycles. The van der Waals surface area contributed by atoms with Crippen molar-refractivity contribution in [1.82, 2.24) is 0 Å². The van der Waals surface area contributed by atoms with Gasteiger partial charge >= 0.3 is 0 Å². The molecule has 0 heterocycles. The van der Waals surface area contributed by atoms with Gasteiger partial charge < -0.3 is 0 Å². The predicted octanol–water partition coefficient (Wildman–Crippen LogP) is 3.10. The van der Waals surface area contributed by atoms with Gasteiger partial charge in [0.1, 0.15) is 5.82 Å². The fourth-order valence-corrected chi connectivity index (χ4v) is 1.61. The van der Waals surface area contributed by atoms with Crippen LogP contribution in [0.5, 0.6) is 0 Å². The highest BCUT2D eigenvalue weighted by Gasteiger charge is 2.07. The van der Waals surface area contributed by atoms with Crippen molar-refractivity contribution < 1.29 is 9.18 Å². The second-order valence-electron chi connectivity index (χ2n) is 3.26. The molecule has 14 heavy (non-hydrogen) atoms. The van der Waals surface area contributed by atoms with Gasteiger partial charge in [0.15, 0.2) is 6.29 Å². The van der Waals surface area contributed by atoms with Crippen molar-refractivity contribution in [1.29, 1.82) is 0 Å². The number of carbonyl (C=O) groups is 1. The third kappa shape index (κ3) is 1.20. The van der Waals surface area contributed by atoms with E-state index >= 15 is 0 Å². The zero-order chi connectivity index (χ0) is 10.1. The van der Waals surface area contributed by atoms with E-state index in [1.54, 1.807) is 37.3 Å². The van der Waals surface area contributed by atoms with Gasteiger partial charge in [0, 0.05) is 10.9 Å². The lowest BCUT2D eigenvalue weighted by Gasteiger charge is -2.04. The van der Waals surface area contributed by atoms with Crippen molar-refractivity contribution in [2.45, 2.75) is 6.92 Å². The standard InChI is InChI=1S/C12H9FO/c1-8-6-9(7-14)10-4-2-3-5-11(10)12(8)13/h2-7H,1H3. The van der Waals surface area contributed by atoms with Gasteiger partial charge in [-0.1, -0.05) is 24.3 Å². The summed E-state index contributed by atoms with van der Waals surface area (Å²) < 4.78 is 13.6. The summed E-state index contributed by atoms with van der Waals surface area (Å²) in [6.07, 6.45) is 0.759. The number of carbonyl (C=O) groups excluding carboxylic acids is 1. The number of benzene rings is 2. The Morgan fingerprint density at radius 1 is 1.21 bits per heavy atom. The van der Waals surface area contributed by atoms with Gasteiger partial charge in [0.05, 0.1) is 0 Å². The summed E-state index contributed by atoms with van der Waals surface area (Å²) in [7, 11) is 0. The average Bonchev–Trinajstić information content (AvgIpc) is 2.23. The first-order chi connectivity index (χ1) is 6.74. The average molecular weight is 188 g/mol. The van der Waals surface area contributed by atoms with E-state index in [0.717, 1.165) is 6.29 Å². The molecule has 0 saturated carbocycles. The maximum absolute atomic E-state index is 13.6. The number of hydrogen-bond acceptors (Lipinski definition) is 1. The van der Waals surface area contributed by atoms with Crippen molar-refractivity contribution >= 4 is 17.1 Å². The zero-order valence-corrected chi connectivity index (χ0v) is 7.75. The van der Waals surface area contributed by atoms with Crippen molar-refractivity contribution in [2.24, 2.45) is 0 Å². The van der Waals surface area contributed by atoms with E-state index in [2.05, 4.69) is 0 Å². The lowest BCUT2D eigenvalue weighted by atomic mass is 10.0. The van der Waals surface area contributed by atoms with Crippen LogP contribution in [-0.2, 0) is 0 Å². The molecule has 0 atom stereocenters. The van der Waals surface area contributed by atoms with Crippen LogP contribution in [0.2, 0.25) is 0 Å². The number of hydrogen-bond donors (Lipinski definition) is 0. The second-order valence-corrected chi connectivity index (χ2v) is 3.26. The van der Waals surface area contributed by atoms with Crippen LogP contribution in [-0.4, -0.2) is 6.29 Å². The first kappa shape index (κ1) is 8.88. The first-order valence-electron chi connectivity index (χ1n) is 4.37. The normalized spacial score (nSPS) is 10.4. The fourth-order valence-electron chi connectivity index (χ4n) is 1.61. The van der Waals surface area contributed by atoms with Gasteiger partial charge in [-0.3, -0.25) is 4.79 Å². The van der Waals surface area contributed by atoms with Crippen molar-refractivity contribution in [3.8, 4) is 0 Å². The molecule has 0 aliphatic rings. The number of rotatable bonds is 1. The number of aldehydes is 1. The van der Waals surface area contributed by atoms with Gasteiger partial charge in [-0.25, -0.2) is 4.39 Å². The van der Waals surface area contributed by atoms with E-state index in [1.165, 1.54) is 0 Å². The Bertz CT molecular complexity index is 503. The molecule has 1 nitrogen and oxygen atoms in total. The van der Waals surface area contributed by atoms with Crippen LogP contribution in [0.15, 0.2) is 30.3 Å². The molecule has 0 radical (unpaired) electrons. The second kappa shape index (κ2) is 3.22. The molecule has 0 fully saturated rings. The van der Waals surface area contributed by atoms with Gasteiger partial charge in [-0.05, 0) is 23.9 Å². The van der Waals surface area contributed by atoms with E-state index in [1.807, 2.05) is 0 Å². The fraction of sp³-hybridized carbons (Fsp3) is 0.0833. The highest BCUT2D eigenvalue weighted by Crippen LogP contribution is 2.23. The van der Waals surface area contributed by atoms with Gasteiger partial charge in [0.2, 0.25) is 0 Å². The SMILES string of the molecule is Cc1cc(C=O)c2ccccc2c1F. The summed E-state index contributed by atoms with van der Waals surface area (Å²) in [4.78, 5) is 10.8. The monoisotopic (exact) mass is 188 g/mol. The largest absolute Gasteiger partial charge is 0.298 e. The quantitative estimate of drug-likeness (QED) is 0.628. The highest BCUT2D eigenvalue weighted by atomic mass is 19.1. The summed E-state index contributed by atoms with van der Waals surface area (Å²) >= 11 is 0. The van der Waals surface area contributed by atoms with Crippen LogP contribution in [0.3, 0.4) is 0 Å². The molecular weight excluding hydrogens is 179 g/mol. The van der Waals surface area contributed by atoms with Crippen LogP contribution in [0.4, 0.5) is 4.39 Å². The Kier molecular flexibility index (Phi) is 2.04. The molecule has 0 bridgehead atoms. The maximum Gasteiger partial charge on any atom is 0.150 e. The lowest BCUT2D eigenvalue weighted by molar-refractivity contribution is 0.112. The van der Waals surface area contributed by atoms with Crippen LogP contribution in [0, 0.1) is 12.7 Å². The lowest BCUT2D eigenvalue weighted by Crippen LogP contribution is -1.90. The molecule has 2 aromatic rings. The molecule has 0 aliphatic carbocycles. The van der Waals surface area contributed by atoms with Crippen LogP contribution in [0.25, 0.3) is 10.8 Å². The number of halogens is 1. The molecule has 70 valence electrons. The molecule has 2 rings (SSSR count). The van der Waals surface area contributed by atoms with Gasteiger partial charge in [-0.15, -0.1) is 0 Å². The van der Waals surface area contributed by atoms with Crippen LogP contribution < -0.4 is 0 Å². The summed E-state index contributed by atoms with van der Waals surface area (Å²) in [5, 5.41) is 1.18. The van der Waals surface area contributed by atoms with E-state index in [9.17, 15) is 9.18 Å². The van der Waals surface area contributed by atoms with Crippen molar-refractivity contribution in [3.05, 3.63) is 47.3 Å². The first-order valence-corrected chi connectivity index (χ1v) is 4.37. The van der Waals surface area contributed by atoms with E-state index in [4.69, 9.17) is 0 Å². The smallest absolute Gasteiger partial charge is 0.150 e. The molecule has 2 aromatic carbocycles. The summed E-state index contributed by atoms with van der Waals surface area (Å²) in [5.74, 6) is -0.244. The molecule has 0 saturated heterocycles. The van der Waals surface area contributed by atoms with E-state index < -0.39 is 0 Å². The number of aryl methyl sites for hydroxylation is 1. The van der Waals surface area contributed by atoms with E-state index in [-0.39, 0.29) is 5.82 Å². The molecular formula is C12H9FO. The molecule has 2 heteroatoms. The Morgan fingerprint density at radius 2 is 1.86 bits per heavy atom. The summed E-state index contributed by atoms with van der Waals surface area (Å²) in [6, 6.07) is 8.57. The van der Waals surface area contributed by atoms with Crippen LogP contribution >= 0.6 is 0 Å². The Morgan fingerprint density at radius 3 is 2.50 bits per heavy atom. The minimum absolute atomic E-state index is 0.244. The van der Waals surface area contributed by atoms with Gasteiger partial charge in [0.25, 0.3) is 0 Å².